The molecule has 1 heterocycles. The van der Waals surface area contributed by atoms with E-state index in [0.717, 1.165) is 36.2 Å². The molecule has 1 aromatic heterocycles. The van der Waals surface area contributed by atoms with Gasteiger partial charge in [0.25, 0.3) is 0 Å². The second-order valence-corrected chi connectivity index (χ2v) is 6.38. The minimum atomic E-state index is 0.0597. The molecule has 126 valence electrons. The number of anilines is 3. The molecule has 1 amide bonds. The molecule has 0 bridgehead atoms. The van der Waals surface area contributed by atoms with Crippen molar-refractivity contribution >= 4 is 34.7 Å². The van der Waals surface area contributed by atoms with Gasteiger partial charge < -0.3 is 15.4 Å². The molecule has 2 N–H and O–H groups in total. The van der Waals surface area contributed by atoms with Crippen LogP contribution in [0.5, 0.6) is 5.75 Å². The molecule has 1 aromatic carbocycles. The molecule has 3 rings (SSSR count). The zero-order valence-electron chi connectivity index (χ0n) is 13.7. The van der Waals surface area contributed by atoms with Crippen LogP contribution in [0.3, 0.4) is 0 Å². The van der Waals surface area contributed by atoms with Gasteiger partial charge in [0.15, 0.2) is 0 Å². The summed E-state index contributed by atoms with van der Waals surface area (Å²) in [5.41, 5.74) is 2.57. The second kappa shape index (κ2) is 7.09. The van der Waals surface area contributed by atoms with Gasteiger partial charge in [-0.05, 0) is 43.5 Å². The number of nitrogens with one attached hydrogen (secondary N) is 2. The summed E-state index contributed by atoms with van der Waals surface area (Å²) in [7, 11) is 1.60. The van der Waals surface area contributed by atoms with E-state index in [1.807, 2.05) is 19.1 Å². The van der Waals surface area contributed by atoms with Crippen molar-refractivity contribution in [1.82, 2.24) is 4.98 Å². The number of carbonyl (C=O) groups excluding carboxylic acids is 1. The van der Waals surface area contributed by atoms with Crippen LogP contribution in [0.15, 0.2) is 30.5 Å². The number of carbonyl (C=O) groups is 1. The molecule has 24 heavy (non-hydrogen) atoms. The van der Waals surface area contributed by atoms with E-state index in [2.05, 4.69) is 15.6 Å². The Balaban J connectivity index is 1.70. The van der Waals surface area contributed by atoms with Crippen LogP contribution in [-0.4, -0.2) is 18.0 Å². The van der Waals surface area contributed by atoms with Crippen LogP contribution in [0.2, 0.25) is 5.02 Å². The first-order valence-corrected chi connectivity index (χ1v) is 8.32. The lowest BCUT2D eigenvalue weighted by molar-refractivity contribution is -0.122. The van der Waals surface area contributed by atoms with Gasteiger partial charge in [-0.25, -0.2) is 4.98 Å². The predicted octanol–water partition coefficient (Wildman–Crippen LogP) is 4.53. The highest BCUT2D eigenvalue weighted by Crippen LogP contribution is 2.33. The summed E-state index contributed by atoms with van der Waals surface area (Å²) in [4.78, 5) is 16.2. The molecule has 0 spiro atoms. The molecule has 0 radical (unpaired) electrons. The highest BCUT2D eigenvalue weighted by molar-refractivity contribution is 6.31. The lowest BCUT2D eigenvalue weighted by atomic mass is 9.85. The molecule has 0 saturated heterocycles. The summed E-state index contributed by atoms with van der Waals surface area (Å²) in [6.45, 7) is 1.93. The summed E-state index contributed by atoms with van der Waals surface area (Å²) in [6.07, 6.45) is 4.76. The summed E-state index contributed by atoms with van der Waals surface area (Å²) >= 11 is 6.12. The number of methoxy groups -OCH3 is 1. The van der Waals surface area contributed by atoms with E-state index in [0.29, 0.717) is 16.6 Å². The second-order valence-electron chi connectivity index (χ2n) is 5.98. The number of hydrogen-bond donors (Lipinski definition) is 2. The normalized spacial score (nSPS) is 14.0. The van der Waals surface area contributed by atoms with Crippen molar-refractivity contribution in [2.45, 2.75) is 26.2 Å². The average Bonchev–Trinajstić information content (AvgIpc) is 2.51. The van der Waals surface area contributed by atoms with Crippen molar-refractivity contribution in [3.05, 3.63) is 41.0 Å². The average molecular weight is 346 g/mol. The van der Waals surface area contributed by atoms with Crippen LogP contribution < -0.4 is 15.4 Å². The quantitative estimate of drug-likeness (QED) is 0.835. The van der Waals surface area contributed by atoms with Crippen molar-refractivity contribution in [2.24, 2.45) is 5.92 Å². The maximum absolute atomic E-state index is 11.9. The van der Waals surface area contributed by atoms with Gasteiger partial charge >= 0.3 is 0 Å². The summed E-state index contributed by atoms with van der Waals surface area (Å²) in [5, 5.41) is 6.77. The van der Waals surface area contributed by atoms with Gasteiger partial charge in [0.05, 0.1) is 24.7 Å². The van der Waals surface area contributed by atoms with E-state index < -0.39 is 0 Å². The van der Waals surface area contributed by atoms with Gasteiger partial charge in [0, 0.05) is 17.0 Å². The lowest BCUT2D eigenvalue weighted by Gasteiger charge is -2.23. The third-order valence-electron chi connectivity index (χ3n) is 4.25. The number of halogens is 1. The summed E-state index contributed by atoms with van der Waals surface area (Å²) in [6, 6.07) is 7.36. The van der Waals surface area contributed by atoms with Crippen molar-refractivity contribution in [3.63, 3.8) is 0 Å². The Labute approximate surface area is 146 Å². The number of amides is 1. The first kappa shape index (κ1) is 16.6. The first-order valence-electron chi connectivity index (χ1n) is 7.95. The number of hydrogen-bond acceptors (Lipinski definition) is 4. The fraction of sp³-hybridized carbons (Fsp3) is 0.333. The highest BCUT2D eigenvalue weighted by atomic mass is 35.5. The molecule has 1 aliphatic rings. The predicted molar refractivity (Wildman–Crippen MR) is 96.2 cm³/mol. The van der Waals surface area contributed by atoms with Crippen LogP contribution in [0.4, 0.5) is 17.2 Å². The molecule has 6 heteroatoms. The van der Waals surface area contributed by atoms with Gasteiger partial charge in [-0.2, -0.15) is 0 Å². The monoisotopic (exact) mass is 345 g/mol. The van der Waals surface area contributed by atoms with E-state index >= 15 is 0 Å². The number of ether oxygens (including phenoxy) is 1. The molecule has 1 fully saturated rings. The first-order chi connectivity index (χ1) is 11.6. The standard InChI is InChI=1S/C18H20ClN3O2/c1-11-8-15(16(24-2)9-14(11)19)21-13-6-7-17(20-10-13)22-18(23)12-4-3-5-12/h6-10,12,21H,3-5H2,1-2H3,(H,20,22,23). The van der Waals surface area contributed by atoms with Crippen molar-refractivity contribution in [1.29, 1.82) is 0 Å². The number of nitrogens with zero attached hydrogens (tertiary/aromatic N) is 1. The van der Waals surface area contributed by atoms with Gasteiger partial charge in [-0.3, -0.25) is 4.79 Å². The number of pyridine rings is 1. The van der Waals surface area contributed by atoms with Crippen LogP contribution >= 0.6 is 11.6 Å². The highest BCUT2D eigenvalue weighted by Gasteiger charge is 2.25. The van der Waals surface area contributed by atoms with E-state index in [4.69, 9.17) is 16.3 Å². The molecular formula is C18H20ClN3O2. The number of benzene rings is 1. The van der Waals surface area contributed by atoms with E-state index in [9.17, 15) is 4.79 Å². The van der Waals surface area contributed by atoms with Gasteiger partial charge in [0.2, 0.25) is 5.91 Å². The maximum Gasteiger partial charge on any atom is 0.228 e. The van der Waals surface area contributed by atoms with E-state index in [1.165, 1.54) is 0 Å². The molecule has 2 aromatic rings. The minimum Gasteiger partial charge on any atom is -0.495 e. The Morgan fingerprint density at radius 2 is 2.12 bits per heavy atom. The smallest absolute Gasteiger partial charge is 0.228 e. The summed E-state index contributed by atoms with van der Waals surface area (Å²) < 4.78 is 5.35. The molecular weight excluding hydrogens is 326 g/mol. The van der Waals surface area contributed by atoms with Crippen LogP contribution in [0.25, 0.3) is 0 Å². The summed E-state index contributed by atoms with van der Waals surface area (Å²) in [5.74, 6) is 1.43. The van der Waals surface area contributed by atoms with Gasteiger partial charge in [-0.1, -0.05) is 18.0 Å². The Morgan fingerprint density at radius 3 is 2.71 bits per heavy atom. The Morgan fingerprint density at radius 1 is 1.33 bits per heavy atom. The minimum absolute atomic E-state index is 0.0597. The zero-order chi connectivity index (χ0) is 17.1. The van der Waals surface area contributed by atoms with Gasteiger partial charge in [-0.15, -0.1) is 0 Å². The van der Waals surface area contributed by atoms with Gasteiger partial charge in [0.1, 0.15) is 11.6 Å². The molecule has 5 nitrogen and oxygen atoms in total. The van der Waals surface area contributed by atoms with Crippen LogP contribution in [-0.2, 0) is 4.79 Å². The molecule has 0 unspecified atom stereocenters. The molecule has 0 aliphatic heterocycles. The fourth-order valence-corrected chi connectivity index (χ4v) is 2.68. The zero-order valence-corrected chi connectivity index (χ0v) is 14.5. The molecule has 1 saturated carbocycles. The van der Waals surface area contributed by atoms with Crippen molar-refractivity contribution in [2.75, 3.05) is 17.7 Å². The SMILES string of the molecule is COc1cc(Cl)c(C)cc1Nc1ccc(NC(=O)C2CCC2)nc1. The largest absolute Gasteiger partial charge is 0.495 e. The van der Waals surface area contributed by atoms with Crippen LogP contribution in [0, 0.1) is 12.8 Å². The maximum atomic E-state index is 11.9. The Bertz CT molecular complexity index is 743. The molecule has 1 aliphatic carbocycles. The molecule has 0 atom stereocenters. The third kappa shape index (κ3) is 3.62. The van der Waals surface area contributed by atoms with Crippen molar-refractivity contribution < 1.29 is 9.53 Å². The Hall–Kier alpha value is -2.27. The van der Waals surface area contributed by atoms with Crippen molar-refractivity contribution in [3.8, 4) is 5.75 Å². The van der Waals surface area contributed by atoms with E-state index in [-0.39, 0.29) is 11.8 Å². The fourth-order valence-electron chi connectivity index (χ4n) is 2.53. The number of aromatic nitrogens is 1. The Kier molecular flexibility index (Phi) is 4.90. The van der Waals surface area contributed by atoms with Crippen LogP contribution in [0.1, 0.15) is 24.8 Å². The number of rotatable bonds is 5. The topological polar surface area (TPSA) is 63.2 Å². The third-order valence-corrected chi connectivity index (χ3v) is 4.66. The lowest BCUT2D eigenvalue weighted by Crippen LogP contribution is -2.28. The van der Waals surface area contributed by atoms with E-state index in [1.54, 1.807) is 25.4 Å². The number of aryl methyl sites for hydroxylation is 1.